The minimum atomic E-state index is -0.470. The minimum absolute atomic E-state index is 0.153. The van der Waals surface area contributed by atoms with E-state index in [4.69, 9.17) is 4.74 Å². The second kappa shape index (κ2) is 7.92. The number of halogens is 1. The van der Waals surface area contributed by atoms with Crippen molar-refractivity contribution in [3.05, 3.63) is 69.2 Å². The molecule has 0 aliphatic carbocycles. The Morgan fingerprint density at radius 3 is 2.57 bits per heavy atom. The lowest BCUT2D eigenvalue weighted by atomic mass is 10.1. The summed E-state index contributed by atoms with van der Waals surface area (Å²) in [7, 11) is 0. The molecule has 2 aromatic carbocycles. The van der Waals surface area contributed by atoms with Crippen molar-refractivity contribution in [1.82, 2.24) is 5.32 Å². The Kier molecular flexibility index (Phi) is 5.93. The number of nitrogens with one attached hydrogen (secondary N) is 1. The van der Waals surface area contributed by atoms with Crippen LogP contribution in [0.15, 0.2) is 46.9 Å². The first kappa shape index (κ1) is 17.2. The van der Waals surface area contributed by atoms with Gasteiger partial charge in [-0.05, 0) is 54.8 Å². The number of carbonyl (C=O) groups is 2. The molecule has 0 bridgehead atoms. The summed E-state index contributed by atoms with van der Waals surface area (Å²) in [4.78, 5) is 23.7. The second-order valence-corrected chi connectivity index (χ2v) is 6.19. The highest BCUT2D eigenvalue weighted by Gasteiger charge is 2.10. The number of rotatable bonds is 5. The average molecular weight is 376 g/mol. The molecule has 2 aromatic rings. The molecule has 1 N–H and O–H groups in total. The van der Waals surface area contributed by atoms with Gasteiger partial charge in [-0.25, -0.2) is 0 Å². The van der Waals surface area contributed by atoms with Crippen LogP contribution in [0.2, 0.25) is 0 Å². The van der Waals surface area contributed by atoms with Gasteiger partial charge in [0.05, 0.1) is 0 Å². The molecule has 2 rings (SSSR count). The predicted octanol–water partition coefficient (Wildman–Crippen LogP) is 3.54. The zero-order chi connectivity index (χ0) is 16.8. The molecule has 0 fully saturated rings. The third kappa shape index (κ3) is 5.21. The zero-order valence-corrected chi connectivity index (χ0v) is 14.6. The molecule has 0 aromatic heterocycles. The number of hydrogen-bond donors (Lipinski definition) is 1. The summed E-state index contributed by atoms with van der Waals surface area (Å²) in [6.07, 6.45) is 0. The number of aryl methyl sites for hydroxylation is 2. The van der Waals surface area contributed by atoms with Crippen LogP contribution in [0.3, 0.4) is 0 Å². The first-order valence-electron chi connectivity index (χ1n) is 7.21. The lowest BCUT2D eigenvalue weighted by Gasteiger charge is -2.08. The predicted molar refractivity (Wildman–Crippen MR) is 92.2 cm³/mol. The monoisotopic (exact) mass is 375 g/mol. The van der Waals surface area contributed by atoms with Gasteiger partial charge in [0.25, 0.3) is 5.91 Å². The quantitative estimate of drug-likeness (QED) is 0.813. The van der Waals surface area contributed by atoms with Crippen molar-refractivity contribution in [2.24, 2.45) is 0 Å². The summed E-state index contributed by atoms with van der Waals surface area (Å²) in [6, 6.07) is 12.9. The van der Waals surface area contributed by atoms with Crippen molar-refractivity contribution in [1.29, 1.82) is 0 Å². The minimum Gasteiger partial charge on any atom is -0.460 e. The highest BCUT2D eigenvalue weighted by atomic mass is 79.9. The fraction of sp³-hybridized carbons (Fsp3) is 0.222. The van der Waals surface area contributed by atoms with E-state index in [0.29, 0.717) is 5.56 Å². The van der Waals surface area contributed by atoms with Gasteiger partial charge in [-0.1, -0.05) is 34.1 Å². The van der Waals surface area contributed by atoms with Crippen LogP contribution >= 0.6 is 15.9 Å². The van der Waals surface area contributed by atoms with Crippen molar-refractivity contribution in [3.8, 4) is 0 Å². The maximum atomic E-state index is 12.0. The van der Waals surface area contributed by atoms with Crippen molar-refractivity contribution in [2.45, 2.75) is 20.5 Å². The SMILES string of the molecule is Cc1ccc(C(=O)NCC(=O)OCc2cccc(Br)c2)cc1C. The molecule has 5 heteroatoms. The number of ether oxygens (including phenoxy) is 1. The van der Waals surface area contributed by atoms with E-state index in [1.807, 2.05) is 44.2 Å². The topological polar surface area (TPSA) is 55.4 Å². The zero-order valence-electron chi connectivity index (χ0n) is 13.1. The summed E-state index contributed by atoms with van der Waals surface area (Å²) >= 11 is 3.36. The molecule has 0 radical (unpaired) electrons. The van der Waals surface area contributed by atoms with E-state index in [1.54, 1.807) is 12.1 Å². The molecule has 0 saturated heterocycles. The van der Waals surface area contributed by atoms with E-state index < -0.39 is 5.97 Å². The van der Waals surface area contributed by atoms with Crippen molar-refractivity contribution < 1.29 is 14.3 Å². The number of hydrogen-bond acceptors (Lipinski definition) is 3. The van der Waals surface area contributed by atoms with Crippen LogP contribution in [-0.4, -0.2) is 18.4 Å². The van der Waals surface area contributed by atoms with Crippen LogP contribution in [0.25, 0.3) is 0 Å². The molecule has 4 nitrogen and oxygen atoms in total. The van der Waals surface area contributed by atoms with Crippen LogP contribution in [0.4, 0.5) is 0 Å². The summed E-state index contributed by atoms with van der Waals surface area (Å²) < 4.78 is 6.06. The molecule has 0 aliphatic heterocycles. The standard InChI is InChI=1S/C18H18BrNO3/c1-12-6-7-15(8-13(12)2)18(22)20-10-17(21)23-11-14-4-3-5-16(19)9-14/h3-9H,10-11H2,1-2H3,(H,20,22). The molecule has 0 saturated carbocycles. The van der Waals surface area contributed by atoms with E-state index in [1.165, 1.54) is 0 Å². The Morgan fingerprint density at radius 2 is 1.87 bits per heavy atom. The van der Waals surface area contributed by atoms with Crippen LogP contribution in [0.5, 0.6) is 0 Å². The lowest BCUT2D eigenvalue weighted by Crippen LogP contribution is -2.30. The molecular formula is C18H18BrNO3. The normalized spacial score (nSPS) is 10.2. The lowest BCUT2D eigenvalue weighted by molar-refractivity contribution is -0.143. The Balaban J connectivity index is 1.81. The Bertz CT molecular complexity index is 728. The third-order valence-electron chi connectivity index (χ3n) is 3.45. The van der Waals surface area contributed by atoms with E-state index in [2.05, 4.69) is 21.2 Å². The molecular weight excluding hydrogens is 358 g/mol. The first-order valence-corrected chi connectivity index (χ1v) is 8.00. The highest BCUT2D eigenvalue weighted by molar-refractivity contribution is 9.10. The number of amides is 1. The molecule has 0 unspecified atom stereocenters. The largest absolute Gasteiger partial charge is 0.460 e. The Morgan fingerprint density at radius 1 is 1.09 bits per heavy atom. The van der Waals surface area contributed by atoms with Crippen molar-refractivity contribution >= 4 is 27.8 Å². The van der Waals surface area contributed by atoms with Crippen molar-refractivity contribution in [2.75, 3.05) is 6.54 Å². The molecule has 120 valence electrons. The van der Waals surface area contributed by atoms with E-state index in [-0.39, 0.29) is 19.1 Å². The van der Waals surface area contributed by atoms with Gasteiger partial charge < -0.3 is 10.1 Å². The van der Waals surface area contributed by atoms with Gasteiger partial charge >= 0.3 is 5.97 Å². The van der Waals surface area contributed by atoms with Gasteiger partial charge in [-0.15, -0.1) is 0 Å². The first-order chi connectivity index (χ1) is 11.0. The van der Waals surface area contributed by atoms with Crippen LogP contribution < -0.4 is 5.32 Å². The molecule has 0 spiro atoms. The summed E-state index contributed by atoms with van der Waals surface area (Å²) in [6.45, 7) is 3.95. The molecule has 0 atom stereocenters. The van der Waals surface area contributed by atoms with Gasteiger partial charge in [-0.3, -0.25) is 9.59 Å². The van der Waals surface area contributed by atoms with Crippen molar-refractivity contribution in [3.63, 3.8) is 0 Å². The fourth-order valence-electron chi connectivity index (χ4n) is 1.98. The maximum Gasteiger partial charge on any atom is 0.325 e. The van der Waals surface area contributed by atoms with Crippen LogP contribution in [0, 0.1) is 13.8 Å². The smallest absolute Gasteiger partial charge is 0.325 e. The van der Waals surface area contributed by atoms with E-state index in [0.717, 1.165) is 21.2 Å². The molecule has 0 heterocycles. The van der Waals surface area contributed by atoms with Gasteiger partial charge in [0.2, 0.25) is 0 Å². The number of esters is 1. The van der Waals surface area contributed by atoms with Crippen LogP contribution in [-0.2, 0) is 16.1 Å². The number of carbonyl (C=O) groups excluding carboxylic acids is 2. The third-order valence-corrected chi connectivity index (χ3v) is 3.94. The van der Waals surface area contributed by atoms with Gasteiger partial charge in [0.1, 0.15) is 13.2 Å². The van der Waals surface area contributed by atoms with Gasteiger partial charge in [0, 0.05) is 10.0 Å². The summed E-state index contributed by atoms with van der Waals surface area (Å²) in [5.41, 5.74) is 3.57. The van der Waals surface area contributed by atoms with E-state index >= 15 is 0 Å². The fourth-order valence-corrected chi connectivity index (χ4v) is 2.43. The highest BCUT2D eigenvalue weighted by Crippen LogP contribution is 2.12. The Hall–Kier alpha value is -2.14. The molecule has 0 aliphatic rings. The number of benzene rings is 2. The average Bonchev–Trinajstić information content (AvgIpc) is 2.53. The molecule has 23 heavy (non-hydrogen) atoms. The molecule has 1 amide bonds. The Labute approximate surface area is 144 Å². The maximum absolute atomic E-state index is 12.0. The van der Waals surface area contributed by atoms with E-state index in [9.17, 15) is 9.59 Å². The van der Waals surface area contributed by atoms with Gasteiger partial charge in [0.15, 0.2) is 0 Å². The summed E-state index contributed by atoms with van der Waals surface area (Å²) in [5, 5.41) is 2.57. The van der Waals surface area contributed by atoms with Crippen LogP contribution in [0.1, 0.15) is 27.0 Å². The summed E-state index contributed by atoms with van der Waals surface area (Å²) in [5.74, 6) is -0.755. The second-order valence-electron chi connectivity index (χ2n) is 5.27. The van der Waals surface area contributed by atoms with Gasteiger partial charge in [-0.2, -0.15) is 0 Å².